The molecule has 1 N–H and O–H groups in total. The second-order valence-electron chi connectivity index (χ2n) is 6.41. The Labute approximate surface area is 113 Å². The largest absolute Gasteiger partial charge is 0.385 e. The molecule has 0 aliphatic carbocycles. The Morgan fingerprint density at radius 2 is 2.06 bits per heavy atom. The Morgan fingerprint density at radius 3 is 2.56 bits per heavy atom. The van der Waals surface area contributed by atoms with Gasteiger partial charge in [-0.15, -0.1) is 0 Å². The highest BCUT2D eigenvalue weighted by atomic mass is 16.5. The van der Waals surface area contributed by atoms with Crippen LogP contribution in [0.1, 0.15) is 47.5 Å². The van der Waals surface area contributed by atoms with Gasteiger partial charge in [0.2, 0.25) is 0 Å². The SMILES string of the molecule is CCC1(C)CN(C(C)CCOC)C(C(C)C)CN1. The number of nitrogens with zero attached hydrogens (tertiary/aromatic N) is 1. The van der Waals surface area contributed by atoms with Crippen LogP contribution in [-0.2, 0) is 4.74 Å². The molecule has 1 aliphatic heterocycles. The summed E-state index contributed by atoms with van der Waals surface area (Å²) in [4.78, 5) is 2.70. The minimum Gasteiger partial charge on any atom is -0.385 e. The second kappa shape index (κ2) is 6.88. The maximum Gasteiger partial charge on any atom is 0.0477 e. The average Bonchev–Trinajstić information content (AvgIpc) is 2.35. The first-order valence-electron chi connectivity index (χ1n) is 7.43. The lowest BCUT2D eigenvalue weighted by Crippen LogP contribution is -2.65. The zero-order valence-corrected chi connectivity index (χ0v) is 13.1. The van der Waals surface area contributed by atoms with E-state index in [4.69, 9.17) is 4.74 Å². The summed E-state index contributed by atoms with van der Waals surface area (Å²) in [6, 6.07) is 1.25. The molecule has 0 aromatic rings. The summed E-state index contributed by atoms with van der Waals surface area (Å²) in [5, 5.41) is 3.74. The van der Waals surface area contributed by atoms with Gasteiger partial charge in [-0.3, -0.25) is 4.90 Å². The van der Waals surface area contributed by atoms with Crippen LogP contribution in [-0.4, -0.2) is 49.3 Å². The Morgan fingerprint density at radius 1 is 1.39 bits per heavy atom. The second-order valence-corrected chi connectivity index (χ2v) is 6.41. The molecule has 0 radical (unpaired) electrons. The maximum absolute atomic E-state index is 5.24. The lowest BCUT2D eigenvalue weighted by Gasteiger charge is -2.50. The Kier molecular flexibility index (Phi) is 6.09. The van der Waals surface area contributed by atoms with Gasteiger partial charge >= 0.3 is 0 Å². The summed E-state index contributed by atoms with van der Waals surface area (Å²) in [6.45, 7) is 14.7. The van der Waals surface area contributed by atoms with Crippen molar-refractivity contribution in [3.05, 3.63) is 0 Å². The van der Waals surface area contributed by atoms with Gasteiger partial charge in [0.15, 0.2) is 0 Å². The van der Waals surface area contributed by atoms with Crippen LogP contribution in [0.3, 0.4) is 0 Å². The summed E-state index contributed by atoms with van der Waals surface area (Å²) >= 11 is 0. The van der Waals surface area contributed by atoms with E-state index in [1.165, 1.54) is 6.42 Å². The van der Waals surface area contributed by atoms with Crippen molar-refractivity contribution in [1.82, 2.24) is 10.2 Å². The van der Waals surface area contributed by atoms with E-state index in [-0.39, 0.29) is 5.54 Å². The molecule has 1 heterocycles. The first kappa shape index (κ1) is 15.9. The molecule has 0 saturated carbocycles. The quantitative estimate of drug-likeness (QED) is 0.790. The Bertz CT molecular complexity index is 245. The fourth-order valence-electron chi connectivity index (χ4n) is 2.84. The molecular weight excluding hydrogens is 224 g/mol. The zero-order chi connectivity index (χ0) is 13.8. The normalized spacial score (nSPS) is 31.8. The van der Waals surface area contributed by atoms with Gasteiger partial charge in [0.25, 0.3) is 0 Å². The summed E-state index contributed by atoms with van der Waals surface area (Å²) < 4.78 is 5.24. The predicted octanol–water partition coefficient (Wildman–Crippen LogP) is 2.51. The van der Waals surface area contributed by atoms with Gasteiger partial charge in [-0.25, -0.2) is 0 Å². The molecule has 3 unspecified atom stereocenters. The van der Waals surface area contributed by atoms with Crippen molar-refractivity contribution in [2.45, 2.75) is 65.1 Å². The van der Waals surface area contributed by atoms with Crippen molar-refractivity contribution in [3.8, 4) is 0 Å². The van der Waals surface area contributed by atoms with E-state index in [1.807, 2.05) is 0 Å². The lowest BCUT2D eigenvalue weighted by molar-refractivity contribution is 0.0193. The summed E-state index contributed by atoms with van der Waals surface area (Å²) in [5.41, 5.74) is 0.271. The topological polar surface area (TPSA) is 24.5 Å². The van der Waals surface area contributed by atoms with Gasteiger partial charge in [-0.1, -0.05) is 20.8 Å². The molecule has 108 valence electrons. The average molecular weight is 256 g/mol. The van der Waals surface area contributed by atoms with Crippen LogP contribution in [0, 0.1) is 5.92 Å². The molecule has 0 amide bonds. The van der Waals surface area contributed by atoms with Crippen molar-refractivity contribution < 1.29 is 4.74 Å². The molecule has 0 spiro atoms. The standard InChI is InChI=1S/C15H32N2O/c1-7-15(5)11-17(13(4)8-9-18-6)14(10-16-15)12(2)3/h12-14,16H,7-11H2,1-6H3. The third-order valence-corrected chi connectivity index (χ3v) is 4.55. The molecule has 3 atom stereocenters. The molecule has 1 saturated heterocycles. The lowest BCUT2D eigenvalue weighted by atomic mass is 9.88. The van der Waals surface area contributed by atoms with Crippen LogP contribution in [0.25, 0.3) is 0 Å². The highest BCUT2D eigenvalue weighted by molar-refractivity contribution is 4.96. The number of ether oxygens (including phenoxy) is 1. The van der Waals surface area contributed by atoms with Gasteiger partial charge in [0, 0.05) is 44.4 Å². The van der Waals surface area contributed by atoms with Crippen LogP contribution >= 0.6 is 0 Å². The molecule has 3 nitrogen and oxygen atoms in total. The van der Waals surface area contributed by atoms with E-state index in [1.54, 1.807) is 7.11 Å². The van der Waals surface area contributed by atoms with Crippen molar-refractivity contribution in [1.29, 1.82) is 0 Å². The van der Waals surface area contributed by atoms with Gasteiger partial charge in [-0.2, -0.15) is 0 Å². The van der Waals surface area contributed by atoms with Crippen molar-refractivity contribution in [2.24, 2.45) is 5.92 Å². The molecular formula is C15H32N2O. The fourth-order valence-corrected chi connectivity index (χ4v) is 2.84. The molecule has 0 bridgehead atoms. The summed E-state index contributed by atoms with van der Waals surface area (Å²) in [5.74, 6) is 0.698. The first-order valence-corrected chi connectivity index (χ1v) is 7.43. The third kappa shape index (κ3) is 3.94. The van der Waals surface area contributed by atoms with E-state index < -0.39 is 0 Å². The van der Waals surface area contributed by atoms with E-state index in [0.717, 1.165) is 26.1 Å². The van der Waals surface area contributed by atoms with Gasteiger partial charge in [0.05, 0.1) is 0 Å². The van der Waals surface area contributed by atoms with E-state index in [2.05, 4.69) is 44.8 Å². The van der Waals surface area contributed by atoms with Crippen LogP contribution < -0.4 is 5.32 Å². The maximum atomic E-state index is 5.24. The smallest absolute Gasteiger partial charge is 0.0477 e. The molecule has 3 heteroatoms. The number of hydrogen-bond donors (Lipinski definition) is 1. The number of rotatable bonds is 6. The highest BCUT2D eigenvalue weighted by Gasteiger charge is 2.37. The van der Waals surface area contributed by atoms with E-state index >= 15 is 0 Å². The van der Waals surface area contributed by atoms with Gasteiger partial charge in [0.1, 0.15) is 0 Å². The highest BCUT2D eigenvalue weighted by Crippen LogP contribution is 2.25. The minimum atomic E-state index is 0.271. The van der Waals surface area contributed by atoms with Crippen LogP contribution in [0.15, 0.2) is 0 Å². The monoisotopic (exact) mass is 256 g/mol. The number of piperazine rings is 1. The Balaban J connectivity index is 2.71. The first-order chi connectivity index (χ1) is 8.43. The summed E-state index contributed by atoms with van der Waals surface area (Å²) in [7, 11) is 1.79. The van der Waals surface area contributed by atoms with Crippen LogP contribution in [0.4, 0.5) is 0 Å². The van der Waals surface area contributed by atoms with E-state index in [0.29, 0.717) is 18.0 Å². The molecule has 1 fully saturated rings. The minimum absolute atomic E-state index is 0.271. The molecule has 1 aliphatic rings. The number of hydrogen-bond acceptors (Lipinski definition) is 3. The van der Waals surface area contributed by atoms with E-state index in [9.17, 15) is 0 Å². The van der Waals surface area contributed by atoms with Crippen LogP contribution in [0.2, 0.25) is 0 Å². The summed E-state index contributed by atoms with van der Waals surface area (Å²) in [6.07, 6.45) is 2.31. The van der Waals surface area contributed by atoms with Crippen LogP contribution in [0.5, 0.6) is 0 Å². The van der Waals surface area contributed by atoms with Crippen molar-refractivity contribution >= 4 is 0 Å². The predicted molar refractivity (Wildman–Crippen MR) is 78.0 cm³/mol. The molecule has 18 heavy (non-hydrogen) atoms. The Hall–Kier alpha value is -0.120. The molecule has 0 aromatic heterocycles. The molecule has 1 rings (SSSR count). The van der Waals surface area contributed by atoms with Crippen molar-refractivity contribution in [3.63, 3.8) is 0 Å². The van der Waals surface area contributed by atoms with Gasteiger partial charge in [-0.05, 0) is 32.6 Å². The molecule has 0 aromatic carbocycles. The number of nitrogens with one attached hydrogen (secondary N) is 1. The zero-order valence-electron chi connectivity index (χ0n) is 13.1. The van der Waals surface area contributed by atoms with Gasteiger partial charge < -0.3 is 10.1 Å². The fraction of sp³-hybridized carbons (Fsp3) is 1.00. The van der Waals surface area contributed by atoms with Crippen molar-refractivity contribution in [2.75, 3.05) is 26.8 Å². The number of methoxy groups -OCH3 is 1. The third-order valence-electron chi connectivity index (χ3n) is 4.55.